The van der Waals surface area contributed by atoms with Crippen LogP contribution in [-0.4, -0.2) is 25.8 Å². The summed E-state index contributed by atoms with van der Waals surface area (Å²) in [6.07, 6.45) is 0. The monoisotopic (exact) mass is 279 g/mol. The van der Waals surface area contributed by atoms with Gasteiger partial charge in [0.25, 0.3) is 0 Å². The summed E-state index contributed by atoms with van der Waals surface area (Å²) in [7, 11) is -2.35. The Bertz CT molecular complexity index is 502. The van der Waals surface area contributed by atoms with Crippen LogP contribution >= 0.6 is 11.6 Å². The van der Waals surface area contributed by atoms with Crippen LogP contribution in [0.25, 0.3) is 0 Å². The highest BCUT2D eigenvalue weighted by Gasteiger charge is 2.26. The first-order valence-electron chi connectivity index (χ1n) is 5.13. The van der Waals surface area contributed by atoms with E-state index in [0.29, 0.717) is 5.56 Å². The molecule has 0 aromatic heterocycles. The largest absolute Gasteiger partial charge is 0.245 e. The van der Waals surface area contributed by atoms with Crippen LogP contribution in [0.1, 0.15) is 19.4 Å². The average molecular weight is 280 g/mol. The molecule has 6 heteroatoms. The second-order valence-electron chi connectivity index (χ2n) is 4.01. The van der Waals surface area contributed by atoms with E-state index < -0.39 is 15.8 Å². The van der Waals surface area contributed by atoms with E-state index in [2.05, 4.69) is 0 Å². The molecule has 1 rings (SSSR count). The van der Waals surface area contributed by atoms with Gasteiger partial charge in [-0.25, -0.2) is 12.8 Å². The predicted octanol–water partition coefficient (Wildman–Crippen LogP) is 2.59. The van der Waals surface area contributed by atoms with Gasteiger partial charge in [-0.2, -0.15) is 4.31 Å². The van der Waals surface area contributed by atoms with E-state index in [9.17, 15) is 12.8 Å². The molecule has 0 atom stereocenters. The van der Waals surface area contributed by atoms with E-state index >= 15 is 0 Å². The van der Waals surface area contributed by atoms with Gasteiger partial charge in [0.05, 0.1) is 0 Å². The molecule has 3 nitrogen and oxygen atoms in total. The van der Waals surface area contributed by atoms with Crippen molar-refractivity contribution in [2.24, 2.45) is 0 Å². The van der Waals surface area contributed by atoms with Gasteiger partial charge in [0.1, 0.15) is 10.7 Å². The Hall–Kier alpha value is -0.650. The van der Waals surface area contributed by atoms with Crippen LogP contribution in [0, 0.1) is 5.82 Å². The Morgan fingerprint density at radius 3 is 2.41 bits per heavy atom. The van der Waals surface area contributed by atoms with Crippen molar-refractivity contribution in [3.63, 3.8) is 0 Å². The highest BCUT2D eigenvalue weighted by Crippen LogP contribution is 2.21. The Labute approximate surface area is 106 Å². The second kappa shape index (κ2) is 5.33. The standard InChI is InChI=1S/C11H15ClFNO2S/c1-8(2)14(3)17(15,16)11-5-4-9(7-12)6-10(11)13/h4-6,8H,7H2,1-3H3. The van der Waals surface area contributed by atoms with Gasteiger partial charge >= 0.3 is 0 Å². The number of nitrogens with zero attached hydrogens (tertiary/aromatic N) is 1. The molecule has 0 spiro atoms. The van der Waals surface area contributed by atoms with E-state index in [-0.39, 0.29) is 16.8 Å². The number of sulfonamides is 1. The molecule has 17 heavy (non-hydrogen) atoms. The Morgan fingerprint density at radius 2 is 2.00 bits per heavy atom. The molecule has 1 aromatic carbocycles. The highest BCUT2D eigenvalue weighted by molar-refractivity contribution is 7.89. The summed E-state index contributed by atoms with van der Waals surface area (Å²) in [5.41, 5.74) is 0.551. The van der Waals surface area contributed by atoms with Gasteiger partial charge < -0.3 is 0 Å². The van der Waals surface area contributed by atoms with Crippen LogP contribution in [0.15, 0.2) is 23.1 Å². The highest BCUT2D eigenvalue weighted by atomic mass is 35.5. The van der Waals surface area contributed by atoms with Gasteiger partial charge in [-0.15, -0.1) is 11.6 Å². The van der Waals surface area contributed by atoms with E-state index in [1.54, 1.807) is 13.8 Å². The molecule has 0 bridgehead atoms. The minimum Gasteiger partial charge on any atom is -0.207 e. The molecular weight excluding hydrogens is 265 g/mol. The maximum Gasteiger partial charge on any atom is 0.245 e. The number of benzene rings is 1. The van der Waals surface area contributed by atoms with Crippen molar-refractivity contribution in [1.29, 1.82) is 0 Å². The molecule has 0 saturated carbocycles. The number of rotatable bonds is 4. The van der Waals surface area contributed by atoms with E-state index in [0.717, 1.165) is 10.4 Å². The number of halogens is 2. The minimum atomic E-state index is -3.78. The molecule has 0 N–H and O–H groups in total. The fourth-order valence-corrected chi connectivity index (χ4v) is 2.85. The summed E-state index contributed by atoms with van der Waals surface area (Å²) >= 11 is 5.55. The third kappa shape index (κ3) is 2.97. The fraction of sp³-hybridized carbons (Fsp3) is 0.455. The molecule has 0 heterocycles. The maximum atomic E-state index is 13.7. The van der Waals surface area contributed by atoms with Crippen molar-refractivity contribution >= 4 is 21.6 Å². The topological polar surface area (TPSA) is 37.4 Å². The molecule has 0 aliphatic carbocycles. The van der Waals surface area contributed by atoms with Gasteiger partial charge in [-0.05, 0) is 31.5 Å². The lowest BCUT2D eigenvalue weighted by molar-refractivity contribution is 0.407. The average Bonchev–Trinajstić information content (AvgIpc) is 2.27. The summed E-state index contributed by atoms with van der Waals surface area (Å²) in [6, 6.07) is 3.68. The number of alkyl halides is 1. The molecule has 0 fully saturated rings. The molecule has 0 amide bonds. The van der Waals surface area contributed by atoms with E-state index in [1.165, 1.54) is 19.2 Å². The first-order valence-corrected chi connectivity index (χ1v) is 7.10. The van der Waals surface area contributed by atoms with Crippen molar-refractivity contribution in [2.75, 3.05) is 7.05 Å². The van der Waals surface area contributed by atoms with Crippen LogP contribution in [0.5, 0.6) is 0 Å². The van der Waals surface area contributed by atoms with Crippen molar-refractivity contribution in [3.8, 4) is 0 Å². The zero-order valence-electron chi connectivity index (χ0n) is 9.94. The molecule has 0 saturated heterocycles. The summed E-state index contributed by atoms with van der Waals surface area (Å²) < 4.78 is 38.9. The summed E-state index contributed by atoms with van der Waals surface area (Å²) in [5.74, 6) is -0.618. The third-order valence-electron chi connectivity index (χ3n) is 2.53. The zero-order valence-corrected chi connectivity index (χ0v) is 11.5. The molecule has 1 aromatic rings. The van der Waals surface area contributed by atoms with Gasteiger partial charge in [0.15, 0.2) is 0 Å². The Balaban J connectivity index is 3.25. The SMILES string of the molecule is CC(C)N(C)S(=O)(=O)c1ccc(CCl)cc1F. The zero-order chi connectivity index (χ0) is 13.2. The van der Waals surface area contributed by atoms with Crippen molar-refractivity contribution in [3.05, 3.63) is 29.6 Å². The minimum absolute atomic E-state index is 0.150. The third-order valence-corrected chi connectivity index (χ3v) is 4.91. The Kier molecular flexibility index (Phi) is 4.52. The van der Waals surface area contributed by atoms with Crippen molar-refractivity contribution < 1.29 is 12.8 Å². The smallest absolute Gasteiger partial charge is 0.207 e. The summed E-state index contributed by atoms with van der Waals surface area (Å²) in [4.78, 5) is -0.317. The van der Waals surface area contributed by atoms with Crippen molar-refractivity contribution in [2.45, 2.75) is 30.7 Å². The van der Waals surface area contributed by atoms with Gasteiger partial charge in [-0.3, -0.25) is 0 Å². The van der Waals surface area contributed by atoms with Crippen LogP contribution in [0.3, 0.4) is 0 Å². The van der Waals surface area contributed by atoms with E-state index in [1.807, 2.05) is 0 Å². The first-order chi connectivity index (χ1) is 7.80. The normalized spacial score (nSPS) is 12.4. The lowest BCUT2D eigenvalue weighted by Crippen LogP contribution is -2.33. The molecule has 0 aliphatic heterocycles. The van der Waals surface area contributed by atoms with Crippen LogP contribution in [0.2, 0.25) is 0 Å². The second-order valence-corrected chi connectivity index (χ2v) is 6.25. The van der Waals surface area contributed by atoms with Gasteiger partial charge in [-0.1, -0.05) is 6.07 Å². The number of hydrogen-bond acceptors (Lipinski definition) is 2. The van der Waals surface area contributed by atoms with Crippen LogP contribution in [0.4, 0.5) is 4.39 Å². The van der Waals surface area contributed by atoms with Crippen LogP contribution in [-0.2, 0) is 15.9 Å². The van der Waals surface area contributed by atoms with Crippen LogP contribution < -0.4 is 0 Å². The molecule has 0 unspecified atom stereocenters. The molecular formula is C11H15ClFNO2S. The maximum absolute atomic E-state index is 13.7. The van der Waals surface area contributed by atoms with Gasteiger partial charge in [0.2, 0.25) is 10.0 Å². The molecule has 96 valence electrons. The van der Waals surface area contributed by atoms with E-state index in [4.69, 9.17) is 11.6 Å². The quantitative estimate of drug-likeness (QED) is 0.795. The lowest BCUT2D eigenvalue weighted by Gasteiger charge is -2.21. The van der Waals surface area contributed by atoms with Crippen molar-refractivity contribution in [1.82, 2.24) is 4.31 Å². The Morgan fingerprint density at radius 1 is 1.41 bits per heavy atom. The summed E-state index contributed by atoms with van der Waals surface area (Å²) in [5, 5.41) is 0. The lowest BCUT2D eigenvalue weighted by atomic mass is 10.2. The molecule has 0 radical (unpaired) electrons. The fourth-order valence-electron chi connectivity index (χ4n) is 1.27. The number of hydrogen-bond donors (Lipinski definition) is 0. The summed E-state index contributed by atoms with van der Waals surface area (Å²) in [6.45, 7) is 3.45. The van der Waals surface area contributed by atoms with Gasteiger partial charge in [0, 0.05) is 19.0 Å². The predicted molar refractivity (Wildman–Crippen MR) is 66.0 cm³/mol. The first kappa shape index (κ1) is 14.4. The molecule has 0 aliphatic rings.